The molecule has 22 heteroatoms. The Morgan fingerprint density at radius 2 is 0.838 bits per heavy atom. The van der Waals surface area contributed by atoms with Crippen LogP contribution in [0.1, 0.15) is 96.8 Å². The topological polar surface area (TPSA) is 259 Å². The number of rotatable bonds is 10. The molecule has 6 fully saturated rings. The average molecular weight is 1020 g/mol. The van der Waals surface area contributed by atoms with E-state index in [2.05, 4.69) is 10.6 Å². The maximum absolute atomic E-state index is 13.7. The Labute approximate surface area is 425 Å². The third-order valence-corrected chi connectivity index (χ3v) is 13.3. The molecule has 6 heterocycles. The van der Waals surface area contributed by atoms with Gasteiger partial charge >= 0.3 is 0 Å². The molecular formula is C52H58N6O16. The Hall–Kier alpha value is -6.76. The van der Waals surface area contributed by atoms with Crippen molar-refractivity contribution in [3.8, 4) is 0 Å². The van der Waals surface area contributed by atoms with E-state index in [0.29, 0.717) is 48.8 Å². The maximum atomic E-state index is 13.7. The van der Waals surface area contributed by atoms with E-state index in [1.54, 1.807) is 58.3 Å². The molecule has 6 saturated heterocycles. The van der Waals surface area contributed by atoms with Crippen LogP contribution in [-0.2, 0) is 37.9 Å². The van der Waals surface area contributed by atoms with Crippen molar-refractivity contribution in [1.82, 2.24) is 9.80 Å². The zero-order valence-electron chi connectivity index (χ0n) is 42.0. The van der Waals surface area contributed by atoms with E-state index in [1.807, 2.05) is 55.4 Å². The summed E-state index contributed by atoms with van der Waals surface area (Å²) in [5.74, 6) is -4.66. The Morgan fingerprint density at radius 3 is 1.19 bits per heavy atom. The first-order valence-corrected chi connectivity index (χ1v) is 24.1. The minimum Gasteiger partial charge on any atom is -0.348 e. The summed E-state index contributed by atoms with van der Waals surface area (Å²) in [5.41, 5.74) is 1.39. The number of carbonyl (C=O) groups is 4. The second-order valence-electron chi connectivity index (χ2n) is 20.6. The number of nitrogens with one attached hydrogen (secondary N) is 2. The molecule has 392 valence electrons. The Bertz CT molecular complexity index is 2680. The summed E-state index contributed by atoms with van der Waals surface area (Å²) >= 11 is 0. The summed E-state index contributed by atoms with van der Waals surface area (Å²) in [7, 11) is 0. The van der Waals surface area contributed by atoms with Crippen molar-refractivity contribution in [2.45, 2.75) is 127 Å². The largest absolute Gasteiger partial charge is 0.348 e. The van der Waals surface area contributed by atoms with Gasteiger partial charge in [-0.05, 0) is 104 Å². The standard InChI is InChI=1S/2C26H29N3O8/c2*1-25(2)34-14-20(36-25)21-22-19(35-26(3,4)37-22)13-28(21)24(31)16-8-5-9-17(11-16)27-23(30)15-7-6-10-18(12-15)29(32)33/h2*5-12,19-22H,13-14H2,1-4H3,(H,27,30)/t2*19-,20-,21+,22-/m11/s1. The Balaban J connectivity index is 0.000000182. The van der Waals surface area contributed by atoms with Gasteiger partial charge in [-0.2, -0.15) is 0 Å². The molecule has 0 unspecified atom stereocenters. The van der Waals surface area contributed by atoms with Crippen molar-refractivity contribution in [1.29, 1.82) is 0 Å². The molecule has 6 aliphatic rings. The van der Waals surface area contributed by atoms with Gasteiger partial charge in [-0.3, -0.25) is 39.4 Å². The van der Waals surface area contributed by atoms with Crippen molar-refractivity contribution in [3.63, 3.8) is 0 Å². The summed E-state index contributed by atoms with van der Waals surface area (Å²) in [4.78, 5) is 77.2. The monoisotopic (exact) mass is 1020 g/mol. The van der Waals surface area contributed by atoms with E-state index in [0.717, 1.165) is 0 Å². The van der Waals surface area contributed by atoms with Gasteiger partial charge in [0.2, 0.25) is 0 Å². The van der Waals surface area contributed by atoms with Crippen molar-refractivity contribution in [3.05, 3.63) is 140 Å². The number of carbonyl (C=O) groups excluding carboxylic acids is 4. The van der Waals surface area contributed by atoms with Crippen LogP contribution in [0.2, 0.25) is 0 Å². The van der Waals surface area contributed by atoms with Gasteiger partial charge in [0.15, 0.2) is 23.1 Å². The van der Waals surface area contributed by atoms with Crippen LogP contribution < -0.4 is 10.6 Å². The first kappa shape index (κ1) is 52.1. The number of likely N-dealkylation sites (tertiary alicyclic amines) is 2. The van der Waals surface area contributed by atoms with E-state index in [9.17, 15) is 39.4 Å². The van der Waals surface area contributed by atoms with Crippen LogP contribution >= 0.6 is 0 Å². The molecule has 0 spiro atoms. The predicted molar refractivity (Wildman–Crippen MR) is 262 cm³/mol. The number of benzene rings is 4. The first-order valence-electron chi connectivity index (χ1n) is 24.1. The highest BCUT2D eigenvalue weighted by Crippen LogP contribution is 2.43. The van der Waals surface area contributed by atoms with Crippen LogP contribution in [0.15, 0.2) is 97.1 Å². The molecule has 10 rings (SSSR count). The highest BCUT2D eigenvalue weighted by molar-refractivity contribution is 6.06. The molecule has 4 amide bonds. The van der Waals surface area contributed by atoms with Gasteiger partial charge in [-0.15, -0.1) is 0 Å². The lowest BCUT2D eigenvalue weighted by Crippen LogP contribution is -2.50. The smallest absolute Gasteiger partial charge is 0.270 e. The molecule has 0 saturated carbocycles. The number of nitrogens with zero attached hydrogens (tertiary/aromatic N) is 4. The minimum absolute atomic E-state index is 0.135. The molecule has 0 aliphatic carbocycles. The quantitative estimate of drug-likeness (QED) is 0.124. The number of amides is 4. The van der Waals surface area contributed by atoms with E-state index < -0.39 is 69.1 Å². The molecule has 4 aromatic carbocycles. The van der Waals surface area contributed by atoms with Gasteiger partial charge in [0.25, 0.3) is 35.0 Å². The van der Waals surface area contributed by atoms with Gasteiger partial charge in [0.1, 0.15) is 36.6 Å². The summed E-state index contributed by atoms with van der Waals surface area (Å²) in [6, 6.07) is 23.1. The summed E-state index contributed by atoms with van der Waals surface area (Å²) in [5, 5.41) is 27.5. The van der Waals surface area contributed by atoms with E-state index in [1.165, 1.54) is 48.5 Å². The zero-order valence-corrected chi connectivity index (χ0v) is 42.0. The van der Waals surface area contributed by atoms with E-state index >= 15 is 0 Å². The number of nitro benzene ring substituents is 2. The fourth-order valence-electron chi connectivity index (χ4n) is 10.3. The lowest BCUT2D eigenvalue weighted by atomic mass is 10.0. The molecule has 0 bridgehead atoms. The SMILES string of the molecule is CC1(C)O[C@H]2[C@H]([C@H]3COC(C)(C)O3)N(C(=O)c3cccc(NC(=O)c4cccc([N+](=O)[O-])c4)c3)C[C@H]2O1.CC1(C)O[C@H]2[C@H]([C@H]3COC(C)(C)O3)N(C(=O)c3cccc(NC(=O)c4cccc([N+](=O)[O-])c4)c3)C[C@H]2O1. The van der Waals surface area contributed by atoms with Gasteiger partial charge in [-0.1, -0.05) is 24.3 Å². The fraction of sp³-hybridized carbons (Fsp3) is 0.462. The van der Waals surface area contributed by atoms with Crippen LogP contribution in [0.3, 0.4) is 0 Å². The second kappa shape index (κ2) is 19.8. The normalized spacial score (nSPS) is 27.6. The summed E-state index contributed by atoms with van der Waals surface area (Å²) < 4.78 is 48.3. The van der Waals surface area contributed by atoms with Gasteiger partial charge in [0, 0.05) is 57.9 Å². The highest BCUT2D eigenvalue weighted by Gasteiger charge is 2.60. The Kier molecular flexibility index (Phi) is 14.0. The lowest BCUT2D eigenvalue weighted by Gasteiger charge is -2.33. The molecule has 74 heavy (non-hydrogen) atoms. The van der Waals surface area contributed by atoms with Crippen molar-refractivity contribution < 1.29 is 66.9 Å². The second-order valence-corrected chi connectivity index (χ2v) is 20.6. The van der Waals surface area contributed by atoms with Crippen LogP contribution in [0.25, 0.3) is 0 Å². The molecule has 4 aromatic rings. The van der Waals surface area contributed by atoms with Gasteiger partial charge < -0.3 is 58.3 Å². The zero-order chi connectivity index (χ0) is 53.1. The van der Waals surface area contributed by atoms with Crippen molar-refractivity contribution in [2.75, 3.05) is 36.9 Å². The molecule has 0 radical (unpaired) electrons. The maximum Gasteiger partial charge on any atom is 0.270 e. The van der Waals surface area contributed by atoms with Gasteiger partial charge in [0.05, 0.1) is 48.2 Å². The predicted octanol–water partition coefficient (Wildman–Crippen LogP) is 6.69. The number of hydrogen-bond donors (Lipinski definition) is 2. The van der Waals surface area contributed by atoms with Crippen LogP contribution in [-0.4, -0.2) is 141 Å². The van der Waals surface area contributed by atoms with Gasteiger partial charge in [-0.25, -0.2) is 0 Å². The molecule has 0 aromatic heterocycles. The summed E-state index contributed by atoms with van der Waals surface area (Å²) in [6.45, 7) is 16.0. The van der Waals surface area contributed by atoms with Crippen molar-refractivity contribution in [2.24, 2.45) is 0 Å². The van der Waals surface area contributed by atoms with Crippen molar-refractivity contribution >= 4 is 46.4 Å². The number of anilines is 2. The lowest BCUT2D eigenvalue weighted by molar-refractivity contribution is -0.385. The van der Waals surface area contributed by atoms with Crippen LogP contribution in [0.4, 0.5) is 22.7 Å². The fourth-order valence-corrected chi connectivity index (χ4v) is 10.3. The first-order chi connectivity index (χ1) is 34.8. The minimum atomic E-state index is -0.775. The third-order valence-electron chi connectivity index (χ3n) is 13.3. The molecule has 8 atom stereocenters. The highest BCUT2D eigenvalue weighted by atomic mass is 16.8. The molecule has 6 aliphatic heterocycles. The van der Waals surface area contributed by atoms with E-state index in [4.69, 9.17) is 37.9 Å². The molecular weight excluding hydrogens is 965 g/mol. The van der Waals surface area contributed by atoms with Crippen LogP contribution in [0.5, 0.6) is 0 Å². The molecule has 22 nitrogen and oxygen atoms in total. The number of nitro groups is 2. The average Bonchev–Trinajstić information content (AvgIpc) is 4.18. The number of hydrogen-bond acceptors (Lipinski definition) is 16. The number of non-ortho nitro benzene ring substituents is 2. The number of ether oxygens (including phenoxy) is 8. The van der Waals surface area contributed by atoms with Crippen LogP contribution in [0, 0.1) is 20.2 Å². The van der Waals surface area contributed by atoms with E-state index in [-0.39, 0.29) is 58.7 Å². The number of fused-ring (bicyclic) bond motifs is 2. The third kappa shape index (κ3) is 11.2. The summed E-state index contributed by atoms with van der Waals surface area (Å²) in [6.07, 6.45) is -2.18. The molecule has 2 N–H and O–H groups in total. The Morgan fingerprint density at radius 1 is 0.486 bits per heavy atom.